The number of halogens is 2. The molecule has 0 aliphatic heterocycles. The zero-order valence-electron chi connectivity index (χ0n) is 5.48. The monoisotopic (exact) mass is 174 g/mol. The lowest BCUT2D eigenvalue weighted by atomic mass is 10.2. The van der Waals surface area contributed by atoms with E-state index in [9.17, 15) is 0 Å². The zero-order valence-corrected chi connectivity index (χ0v) is 6.99. The highest BCUT2D eigenvalue weighted by atomic mass is 35.5. The maximum atomic E-state index is 5.84. The molecule has 2 heteroatoms. The predicted octanol–water partition coefficient (Wildman–Crippen LogP) is 3.12. The molecule has 0 aliphatic rings. The van der Waals surface area contributed by atoms with Crippen LogP contribution in [0.4, 0.5) is 0 Å². The molecule has 0 bridgehead atoms. The highest BCUT2D eigenvalue weighted by Crippen LogP contribution is 2.15. The van der Waals surface area contributed by atoms with Gasteiger partial charge in [0.15, 0.2) is 0 Å². The van der Waals surface area contributed by atoms with Gasteiger partial charge in [-0.15, -0.1) is 11.6 Å². The third kappa shape index (κ3) is 1.89. The van der Waals surface area contributed by atoms with Crippen molar-refractivity contribution in [2.75, 3.05) is 5.88 Å². The Morgan fingerprint density at radius 1 is 1.20 bits per heavy atom. The quantitative estimate of drug-likeness (QED) is 0.605. The number of benzene rings is 1. The summed E-state index contributed by atoms with van der Waals surface area (Å²) >= 11 is 11.4. The molecule has 0 radical (unpaired) electrons. The van der Waals surface area contributed by atoms with Crippen molar-refractivity contribution in [3.05, 3.63) is 34.9 Å². The minimum atomic E-state index is 0.629. The molecule has 10 heavy (non-hydrogen) atoms. The molecule has 1 aromatic carbocycles. The van der Waals surface area contributed by atoms with Gasteiger partial charge >= 0.3 is 0 Å². The molecule has 0 nitrogen and oxygen atoms in total. The molecule has 0 N–H and O–H groups in total. The van der Waals surface area contributed by atoms with Crippen LogP contribution in [0, 0.1) is 0 Å². The average molecular weight is 175 g/mol. The van der Waals surface area contributed by atoms with Crippen LogP contribution in [0.15, 0.2) is 24.3 Å². The Labute approximate surface area is 70.8 Å². The van der Waals surface area contributed by atoms with Gasteiger partial charge in [0.2, 0.25) is 0 Å². The summed E-state index contributed by atoms with van der Waals surface area (Å²) in [5.74, 6) is 0.629. The number of rotatable bonds is 2. The summed E-state index contributed by atoms with van der Waals surface area (Å²) < 4.78 is 0. The molecule has 1 rings (SSSR count). The smallest absolute Gasteiger partial charge is 0.0438 e. The van der Waals surface area contributed by atoms with Gasteiger partial charge in [-0.05, 0) is 18.1 Å². The number of hydrogen-bond acceptors (Lipinski definition) is 0. The van der Waals surface area contributed by atoms with E-state index in [1.54, 1.807) is 0 Å². The minimum absolute atomic E-state index is 0.629. The van der Waals surface area contributed by atoms with Crippen LogP contribution >= 0.6 is 23.2 Å². The normalized spacial score (nSPS) is 9.80. The summed E-state index contributed by atoms with van der Waals surface area (Å²) in [7, 11) is 0. The largest absolute Gasteiger partial charge is 0.126 e. The van der Waals surface area contributed by atoms with Gasteiger partial charge < -0.3 is 0 Å². The summed E-state index contributed by atoms with van der Waals surface area (Å²) in [5.41, 5.74) is 1.12. The van der Waals surface area contributed by atoms with Crippen molar-refractivity contribution in [1.29, 1.82) is 0 Å². The van der Waals surface area contributed by atoms with Crippen LogP contribution < -0.4 is 0 Å². The molecule has 0 atom stereocenters. The Hall–Kier alpha value is -0.200. The average Bonchev–Trinajstić information content (AvgIpc) is 1.94. The van der Waals surface area contributed by atoms with Crippen LogP contribution in [0.2, 0.25) is 5.02 Å². The van der Waals surface area contributed by atoms with Crippen molar-refractivity contribution in [2.24, 2.45) is 0 Å². The van der Waals surface area contributed by atoms with Gasteiger partial charge in [-0.1, -0.05) is 29.8 Å². The Kier molecular flexibility index (Phi) is 3.04. The Bertz CT molecular complexity index is 208. The van der Waals surface area contributed by atoms with Crippen LogP contribution in [-0.4, -0.2) is 5.88 Å². The van der Waals surface area contributed by atoms with Crippen LogP contribution in [0.5, 0.6) is 0 Å². The Balaban J connectivity index is 2.81. The number of alkyl halides is 1. The van der Waals surface area contributed by atoms with E-state index in [0.717, 1.165) is 17.0 Å². The first kappa shape index (κ1) is 7.90. The van der Waals surface area contributed by atoms with E-state index < -0.39 is 0 Å². The first-order valence-corrected chi connectivity index (χ1v) is 4.05. The fraction of sp³-hybridized carbons (Fsp3) is 0.250. The molecule has 1 aromatic rings. The third-order valence-electron chi connectivity index (χ3n) is 1.32. The molecular formula is C8H8Cl2. The topological polar surface area (TPSA) is 0 Å². The number of aryl methyl sites for hydroxylation is 1. The van der Waals surface area contributed by atoms with E-state index in [2.05, 4.69) is 0 Å². The van der Waals surface area contributed by atoms with Gasteiger partial charge in [-0.3, -0.25) is 0 Å². The minimum Gasteiger partial charge on any atom is -0.126 e. The van der Waals surface area contributed by atoms with Crippen molar-refractivity contribution in [1.82, 2.24) is 0 Å². The Morgan fingerprint density at radius 2 is 1.90 bits per heavy atom. The van der Waals surface area contributed by atoms with Crippen LogP contribution in [0.3, 0.4) is 0 Å². The maximum absolute atomic E-state index is 5.84. The van der Waals surface area contributed by atoms with Crippen molar-refractivity contribution in [3.63, 3.8) is 0 Å². The zero-order chi connectivity index (χ0) is 7.40. The first-order valence-electron chi connectivity index (χ1n) is 3.14. The molecule has 0 spiro atoms. The molecule has 0 unspecified atom stereocenters. The molecule has 0 heterocycles. The van der Waals surface area contributed by atoms with Crippen molar-refractivity contribution < 1.29 is 0 Å². The summed E-state index contributed by atoms with van der Waals surface area (Å²) in [6, 6.07) is 7.75. The van der Waals surface area contributed by atoms with E-state index in [1.165, 1.54) is 0 Å². The van der Waals surface area contributed by atoms with Gasteiger partial charge in [0.25, 0.3) is 0 Å². The molecule has 54 valence electrons. The van der Waals surface area contributed by atoms with Gasteiger partial charge in [0.05, 0.1) is 0 Å². The lowest BCUT2D eigenvalue weighted by Gasteiger charge is -1.98. The summed E-state index contributed by atoms with van der Waals surface area (Å²) in [6.07, 6.45) is 0.848. The second-order valence-electron chi connectivity index (χ2n) is 2.03. The molecule has 0 aliphatic carbocycles. The SMILES string of the molecule is ClCCc1ccccc1Cl. The molecular weight excluding hydrogens is 167 g/mol. The highest BCUT2D eigenvalue weighted by Gasteiger charge is 1.95. The molecule has 0 saturated heterocycles. The first-order chi connectivity index (χ1) is 4.84. The third-order valence-corrected chi connectivity index (χ3v) is 1.88. The van der Waals surface area contributed by atoms with Crippen molar-refractivity contribution in [3.8, 4) is 0 Å². The van der Waals surface area contributed by atoms with Crippen LogP contribution in [0.25, 0.3) is 0 Å². The predicted molar refractivity (Wildman–Crippen MR) is 45.9 cm³/mol. The van der Waals surface area contributed by atoms with E-state index in [1.807, 2.05) is 24.3 Å². The molecule has 0 fully saturated rings. The van der Waals surface area contributed by atoms with Crippen molar-refractivity contribution >= 4 is 23.2 Å². The molecule has 0 aromatic heterocycles. The van der Waals surface area contributed by atoms with Gasteiger partial charge in [-0.2, -0.15) is 0 Å². The second-order valence-corrected chi connectivity index (χ2v) is 2.82. The Morgan fingerprint density at radius 3 is 2.50 bits per heavy atom. The van der Waals surface area contributed by atoms with E-state index in [4.69, 9.17) is 23.2 Å². The van der Waals surface area contributed by atoms with E-state index >= 15 is 0 Å². The standard InChI is InChI=1S/C8H8Cl2/c9-6-5-7-3-1-2-4-8(7)10/h1-4H,5-6H2. The van der Waals surface area contributed by atoms with E-state index in [-0.39, 0.29) is 0 Å². The summed E-state index contributed by atoms with van der Waals surface area (Å²) in [6.45, 7) is 0. The van der Waals surface area contributed by atoms with Gasteiger partial charge in [-0.25, -0.2) is 0 Å². The highest BCUT2D eigenvalue weighted by molar-refractivity contribution is 6.31. The summed E-state index contributed by atoms with van der Waals surface area (Å²) in [5, 5.41) is 0.808. The molecule has 0 amide bonds. The van der Waals surface area contributed by atoms with Crippen LogP contribution in [-0.2, 0) is 6.42 Å². The lowest BCUT2D eigenvalue weighted by Crippen LogP contribution is -1.85. The van der Waals surface area contributed by atoms with Crippen LogP contribution in [0.1, 0.15) is 5.56 Å². The van der Waals surface area contributed by atoms with Gasteiger partial charge in [0, 0.05) is 10.9 Å². The van der Waals surface area contributed by atoms with Crippen molar-refractivity contribution in [2.45, 2.75) is 6.42 Å². The van der Waals surface area contributed by atoms with Gasteiger partial charge in [0.1, 0.15) is 0 Å². The second kappa shape index (κ2) is 3.85. The number of hydrogen-bond donors (Lipinski definition) is 0. The van der Waals surface area contributed by atoms with E-state index in [0.29, 0.717) is 5.88 Å². The fourth-order valence-corrected chi connectivity index (χ4v) is 1.24. The summed E-state index contributed by atoms with van der Waals surface area (Å²) in [4.78, 5) is 0. The molecule has 0 saturated carbocycles. The fourth-order valence-electron chi connectivity index (χ4n) is 0.803. The maximum Gasteiger partial charge on any atom is 0.0438 e. The lowest BCUT2D eigenvalue weighted by molar-refractivity contribution is 1.15.